The van der Waals surface area contributed by atoms with Gasteiger partial charge < -0.3 is 0 Å². The van der Waals surface area contributed by atoms with Crippen molar-refractivity contribution in [2.45, 2.75) is 27.3 Å². The van der Waals surface area contributed by atoms with Crippen LogP contribution in [-0.2, 0) is 6.54 Å². The van der Waals surface area contributed by atoms with Crippen LogP contribution in [0.5, 0.6) is 0 Å². The summed E-state index contributed by atoms with van der Waals surface area (Å²) in [5.41, 5.74) is 8.50. The molecule has 0 bridgehead atoms. The van der Waals surface area contributed by atoms with Crippen molar-refractivity contribution in [1.82, 2.24) is 9.78 Å². The van der Waals surface area contributed by atoms with E-state index in [2.05, 4.69) is 63.2 Å². The quantitative estimate of drug-likeness (QED) is 0.358. The molecule has 0 amide bonds. The number of nitrogens with zero attached hydrogens (tertiary/aromatic N) is 2. The van der Waals surface area contributed by atoms with Crippen LogP contribution in [0.2, 0.25) is 5.02 Å². The Hall–Kier alpha value is -2.91. The highest BCUT2D eigenvalue weighted by molar-refractivity contribution is 6.31. The minimum atomic E-state index is -0.338. The maximum atomic E-state index is 13.5. The third kappa shape index (κ3) is 3.96. The maximum Gasteiger partial charge on any atom is 0.124 e. The molecule has 0 fully saturated rings. The van der Waals surface area contributed by atoms with E-state index in [9.17, 15) is 4.39 Å². The standard InChI is InChI=1S/C25H22ClFN2/c1-16-6-4-8-19(12-16)24-18(3)25(20-9-5-7-17(2)13-20)29(28-24)15-21-10-11-22(27)14-23(21)26/h4-14H,15H2,1-3H3. The SMILES string of the molecule is Cc1cccc(-c2nn(Cc3ccc(F)cc3Cl)c(-c3cccc(C)c3)c2C)c1. The minimum Gasteiger partial charge on any atom is -0.259 e. The number of benzene rings is 3. The van der Waals surface area contributed by atoms with Crippen LogP contribution >= 0.6 is 11.6 Å². The molecule has 29 heavy (non-hydrogen) atoms. The maximum absolute atomic E-state index is 13.5. The van der Waals surface area contributed by atoms with Gasteiger partial charge >= 0.3 is 0 Å². The van der Waals surface area contributed by atoms with E-state index in [0.717, 1.165) is 33.6 Å². The number of aromatic nitrogens is 2. The van der Waals surface area contributed by atoms with E-state index in [-0.39, 0.29) is 5.82 Å². The fourth-order valence-electron chi connectivity index (χ4n) is 3.70. The molecule has 0 aliphatic carbocycles. The minimum absolute atomic E-state index is 0.338. The van der Waals surface area contributed by atoms with Crippen molar-refractivity contribution < 1.29 is 4.39 Å². The summed E-state index contributed by atoms with van der Waals surface area (Å²) in [5.74, 6) is -0.338. The first-order valence-electron chi connectivity index (χ1n) is 9.58. The van der Waals surface area contributed by atoms with Crippen LogP contribution in [0.1, 0.15) is 22.3 Å². The van der Waals surface area contributed by atoms with E-state index in [1.54, 1.807) is 6.07 Å². The summed E-state index contributed by atoms with van der Waals surface area (Å²) < 4.78 is 15.5. The summed E-state index contributed by atoms with van der Waals surface area (Å²) in [5, 5.41) is 5.36. The number of hydrogen-bond acceptors (Lipinski definition) is 1. The Kier molecular flexibility index (Phi) is 5.25. The summed E-state index contributed by atoms with van der Waals surface area (Å²) in [6.07, 6.45) is 0. The summed E-state index contributed by atoms with van der Waals surface area (Å²) in [6, 6.07) is 21.3. The average molecular weight is 405 g/mol. The van der Waals surface area contributed by atoms with Gasteiger partial charge in [-0.25, -0.2) is 4.39 Å². The van der Waals surface area contributed by atoms with Gasteiger partial charge in [-0.05, 0) is 50.6 Å². The smallest absolute Gasteiger partial charge is 0.124 e. The predicted molar refractivity (Wildman–Crippen MR) is 118 cm³/mol. The molecular weight excluding hydrogens is 383 g/mol. The predicted octanol–water partition coefficient (Wildman–Crippen LogP) is 6.98. The van der Waals surface area contributed by atoms with E-state index in [0.29, 0.717) is 11.6 Å². The van der Waals surface area contributed by atoms with Crippen molar-refractivity contribution in [3.05, 3.63) is 99.8 Å². The Morgan fingerprint density at radius 1 is 0.862 bits per heavy atom. The Morgan fingerprint density at radius 2 is 1.52 bits per heavy atom. The summed E-state index contributed by atoms with van der Waals surface area (Å²) >= 11 is 6.31. The molecule has 0 unspecified atom stereocenters. The van der Waals surface area contributed by atoms with Gasteiger partial charge in [-0.3, -0.25) is 4.68 Å². The third-order valence-corrected chi connectivity index (χ3v) is 5.46. The second-order valence-electron chi connectivity index (χ2n) is 7.45. The zero-order valence-corrected chi connectivity index (χ0v) is 17.5. The van der Waals surface area contributed by atoms with E-state index < -0.39 is 0 Å². The highest BCUT2D eigenvalue weighted by Crippen LogP contribution is 2.33. The fourth-order valence-corrected chi connectivity index (χ4v) is 3.93. The normalized spacial score (nSPS) is 11.1. The van der Waals surface area contributed by atoms with E-state index in [1.807, 2.05) is 10.7 Å². The van der Waals surface area contributed by atoms with Crippen LogP contribution in [0.3, 0.4) is 0 Å². The van der Waals surface area contributed by atoms with Crippen molar-refractivity contribution in [2.24, 2.45) is 0 Å². The molecule has 0 spiro atoms. The monoisotopic (exact) mass is 404 g/mol. The van der Waals surface area contributed by atoms with E-state index in [1.165, 1.54) is 23.3 Å². The van der Waals surface area contributed by atoms with Gasteiger partial charge in [0.2, 0.25) is 0 Å². The van der Waals surface area contributed by atoms with Crippen LogP contribution in [0, 0.1) is 26.6 Å². The van der Waals surface area contributed by atoms with Gasteiger partial charge in [-0.2, -0.15) is 5.10 Å². The lowest BCUT2D eigenvalue weighted by Gasteiger charge is -2.11. The molecule has 0 saturated carbocycles. The van der Waals surface area contributed by atoms with Crippen LogP contribution in [-0.4, -0.2) is 9.78 Å². The van der Waals surface area contributed by atoms with Crippen LogP contribution in [0.15, 0.2) is 66.7 Å². The summed E-state index contributed by atoms with van der Waals surface area (Å²) in [6.45, 7) is 6.73. The lowest BCUT2D eigenvalue weighted by molar-refractivity contribution is 0.625. The zero-order chi connectivity index (χ0) is 20.5. The molecule has 0 radical (unpaired) electrons. The van der Waals surface area contributed by atoms with Gasteiger partial charge in [0.1, 0.15) is 5.82 Å². The zero-order valence-electron chi connectivity index (χ0n) is 16.7. The Bertz CT molecular complexity index is 1190. The first-order valence-corrected chi connectivity index (χ1v) is 9.95. The topological polar surface area (TPSA) is 17.8 Å². The molecule has 4 heteroatoms. The van der Waals surface area contributed by atoms with Gasteiger partial charge in [-0.15, -0.1) is 0 Å². The van der Waals surface area contributed by atoms with Crippen molar-refractivity contribution >= 4 is 11.6 Å². The molecule has 0 N–H and O–H groups in total. The van der Waals surface area contributed by atoms with Gasteiger partial charge in [0.05, 0.1) is 17.9 Å². The molecule has 4 rings (SSSR count). The van der Waals surface area contributed by atoms with Gasteiger partial charge in [-0.1, -0.05) is 65.2 Å². The number of aryl methyl sites for hydroxylation is 2. The van der Waals surface area contributed by atoms with Crippen LogP contribution in [0.25, 0.3) is 22.5 Å². The number of hydrogen-bond donors (Lipinski definition) is 0. The second kappa shape index (κ2) is 7.84. The van der Waals surface area contributed by atoms with E-state index in [4.69, 9.17) is 16.7 Å². The molecule has 4 aromatic rings. The van der Waals surface area contributed by atoms with Gasteiger partial charge in [0.25, 0.3) is 0 Å². The molecule has 0 atom stereocenters. The average Bonchev–Trinajstić information content (AvgIpc) is 3.00. The highest BCUT2D eigenvalue weighted by Gasteiger charge is 2.18. The fraction of sp³-hybridized carbons (Fsp3) is 0.160. The molecule has 0 aliphatic rings. The first kappa shape index (κ1) is 19.4. The lowest BCUT2D eigenvalue weighted by Crippen LogP contribution is -2.05. The molecule has 146 valence electrons. The number of halogens is 2. The molecular formula is C25H22ClFN2. The Morgan fingerprint density at radius 3 is 2.17 bits per heavy atom. The molecule has 0 aliphatic heterocycles. The molecule has 3 aromatic carbocycles. The van der Waals surface area contributed by atoms with Crippen LogP contribution in [0.4, 0.5) is 4.39 Å². The van der Waals surface area contributed by atoms with Crippen LogP contribution < -0.4 is 0 Å². The lowest BCUT2D eigenvalue weighted by atomic mass is 10.0. The summed E-state index contributed by atoms with van der Waals surface area (Å²) in [7, 11) is 0. The molecule has 1 heterocycles. The van der Waals surface area contributed by atoms with Gasteiger partial charge in [0.15, 0.2) is 0 Å². The van der Waals surface area contributed by atoms with Crippen molar-refractivity contribution in [1.29, 1.82) is 0 Å². The molecule has 1 aromatic heterocycles. The highest BCUT2D eigenvalue weighted by atomic mass is 35.5. The second-order valence-corrected chi connectivity index (χ2v) is 7.86. The number of rotatable bonds is 4. The largest absolute Gasteiger partial charge is 0.259 e. The molecule has 0 saturated heterocycles. The van der Waals surface area contributed by atoms with Gasteiger partial charge in [0, 0.05) is 21.7 Å². The Balaban J connectivity index is 1.89. The third-order valence-electron chi connectivity index (χ3n) is 5.11. The van der Waals surface area contributed by atoms with E-state index >= 15 is 0 Å². The van der Waals surface area contributed by atoms with Crippen molar-refractivity contribution in [2.75, 3.05) is 0 Å². The molecule has 2 nitrogen and oxygen atoms in total. The van der Waals surface area contributed by atoms with Crippen molar-refractivity contribution in [3.8, 4) is 22.5 Å². The first-order chi connectivity index (χ1) is 13.9. The Labute approximate surface area is 175 Å². The van der Waals surface area contributed by atoms with Crippen molar-refractivity contribution in [3.63, 3.8) is 0 Å². The summed E-state index contributed by atoms with van der Waals surface area (Å²) in [4.78, 5) is 0.